The Balaban J connectivity index is 0.00000312. The zero-order valence-corrected chi connectivity index (χ0v) is 17.6. The van der Waals surface area contributed by atoms with E-state index in [1.807, 2.05) is 13.8 Å². The molecule has 0 bridgehead atoms. The molecular weight excluding hydrogens is 460 g/mol. The average molecular weight is 482 g/mol. The number of halogens is 3. The minimum Gasteiger partial charge on any atom is -0.356 e. The van der Waals surface area contributed by atoms with Crippen LogP contribution < -0.4 is 10.6 Å². The molecule has 0 atom stereocenters. The van der Waals surface area contributed by atoms with Crippen molar-refractivity contribution in [3.05, 3.63) is 46.3 Å². The van der Waals surface area contributed by atoms with Gasteiger partial charge in [-0.2, -0.15) is 4.98 Å². The number of benzene rings is 1. The van der Waals surface area contributed by atoms with Crippen LogP contribution in [0.4, 0.5) is 4.39 Å². The van der Waals surface area contributed by atoms with Gasteiger partial charge in [-0.05, 0) is 17.7 Å². The van der Waals surface area contributed by atoms with Gasteiger partial charge in [0.2, 0.25) is 5.89 Å². The van der Waals surface area contributed by atoms with E-state index in [0.717, 1.165) is 5.56 Å². The summed E-state index contributed by atoms with van der Waals surface area (Å²) in [4.78, 5) is 8.28. The minimum absolute atomic E-state index is 0. The highest BCUT2D eigenvalue weighted by molar-refractivity contribution is 14.0. The van der Waals surface area contributed by atoms with Crippen molar-refractivity contribution in [1.82, 2.24) is 20.8 Å². The topological polar surface area (TPSA) is 75.3 Å². The van der Waals surface area contributed by atoms with Crippen LogP contribution >= 0.6 is 35.6 Å². The normalized spacial score (nSPS) is 11.8. The van der Waals surface area contributed by atoms with E-state index in [4.69, 9.17) is 16.1 Å². The molecule has 138 valence electrons. The SMILES string of the molecule is CN=C(NCc1noc(C)n1)NCC(C)(C)c1ccc(F)cc1Cl.I. The van der Waals surface area contributed by atoms with E-state index in [0.29, 0.717) is 35.8 Å². The van der Waals surface area contributed by atoms with Gasteiger partial charge in [0, 0.05) is 31.0 Å². The molecule has 2 aromatic rings. The maximum Gasteiger partial charge on any atom is 0.223 e. The lowest BCUT2D eigenvalue weighted by Gasteiger charge is -2.27. The quantitative estimate of drug-likeness (QED) is 0.389. The average Bonchev–Trinajstić information content (AvgIpc) is 2.92. The van der Waals surface area contributed by atoms with E-state index >= 15 is 0 Å². The van der Waals surface area contributed by atoms with Gasteiger partial charge in [0.05, 0.1) is 6.54 Å². The van der Waals surface area contributed by atoms with Crippen LogP contribution in [0.15, 0.2) is 27.7 Å². The van der Waals surface area contributed by atoms with Crippen LogP contribution in [0.1, 0.15) is 31.1 Å². The van der Waals surface area contributed by atoms with E-state index in [-0.39, 0.29) is 35.2 Å². The van der Waals surface area contributed by atoms with Gasteiger partial charge in [0.25, 0.3) is 0 Å². The maximum atomic E-state index is 13.2. The molecule has 0 aliphatic heterocycles. The predicted octanol–water partition coefficient (Wildman–Crippen LogP) is 3.43. The number of hydrogen-bond donors (Lipinski definition) is 2. The molecule has 1 aromatic carbocycles. The molecule has 0 amide bonds. The highest BCUT2D eigenvalue weighted by atomic mass is 127. The molecule has 0 spiro atoms. The number of aliphatic imine (C=N–C) groups is 1. The molecule has 0 saturated heterocycles. The molecule has 0 saturated carbocycles. The summed E-state index contributed by atoms with van der Waals surface area (Å²) in [6.07, 6.45) is 0. The Hall–Kier alpha value is -1.42. The van der Waals surface area contributed by atoms with Crippen LogP contribution in [0, 0.1) is 12.7 Å². The summed E-state index contributed by atoms with van der Waals surface area (Å²) in [5, 5.41) is 10.6. The standard InChI is InChI=1S/C16H21ClFN5O.HI/c1-10-22-14(23-24-10)8-20-15(19-4)21-9-16(2,3)12-6-5-11(18)7-13(12)17;/h5-7H,8-9H2,1-4H3,(H2,19,20,21);1H. The van der Waals surface area contributed by atoms with Crippen molar-refractivity contribution in [2.24, 2.45) is 4.99 Å². The highest BCUT2D eigenvalue weighted by Crippen LogP contribution is 2.29. The van der Waals surface area contributed by atoms with Crippen LogP contribution in [0.2, 0.25) is 5.02 Å². The van der Waals surface area contributed by atoms with Gasteiger partial charge >= 0.3 is 0 Å². The third-order valence-electron chi connectivity index (χ3n) is 3.57. The molecule has 2 N–H and O–H groups in total. The van der Waals surface area contributed by atoms with Gasteiger partial charge in [0.15, 0.2) is 11.8 Å². The Kier molecular flexibility index (Phi) is 8.07. The van der Waals surface area contributed by atoms with Gasteiger partial charge in [-0.15, -0.1) is 24.0 Å². The molecule has 6 nitrogen and oxygen atoms in total. The number of aromatic nitrogens is 2. The Labute approximate surface area is 168 Å². The summed E-state index contributed by atoms with van der Waals surface area (Å²) in [5.74, 6) is 1.32. The molecular formula is C16H22ClFIN5O. The molecule has 0 unspecified atom stereocenters. The van der Waals surface area contributed by atoms with Crippen LogP contribution in [0.3, 0.4) is 0 Å². The van der Waals surface area contributed by atoms with E-state index in [1.54, 1.807) is 20.0 Å². The van der Waals surface area contributed by atoms with Crippen molar-refractivity contribution < 1.29 is 8.91 Å². The number of aryl methyl sites for hydroxylation is 1. The number of guanidine groups is 1. The zero-order valence-electron chi connectivity index (χ0n) is 14.6. The van der Waals surface area contributed by atoms with Crippen molar-refractivity contribution in [2.45, 2.75) is 32.7 Å². The van der Waals surface area contributed by atoms with Crippen molar-refractivity contribution in [3.8, 4) is 0 Å². The lowest BCUT2D eigenvalue weighted by Crippen LogP contribution is -2.43. The van der Waals surface area contributed by atoms with Gasteiger partial charge < -0.3 is 15.2 Å². The van der Waals surface area contributed by atoms with Gasteiger partial charge in [-0.1, -0.05) is 36.7 Å². The number of nitrogens with zero attached hydrogens (tertiary/aromatic N) is 3. The van der Waals surface area contributed by atoms with Gasteiger partial charge in [-0.25, -0.2) is 4.39 Å². The maximum absolute atomic E-state index is 13.2. The fourth-order valence-electron chi connectivity index (χ4n) is 2.23. The second-order valence-corrected chi connectivity index (χ2v) is 6.42. The summed E-state index contributed by atoms with van der Waals surface area (Å²) in [7, 11) is 1.68. The van der Waals surface area contributed by atoms with Crippen LogP contribution in [-0.2, 0) is 12.0 Å². The van der Waals surface area contributed by atoms with E-state index in [1.165, 1.54) is 12.1 Å². The van der Waals surface area contributed by atoms with Crippen molar-refractivity contribution in [3.63, 3.8) is 0 Å². The first-order valence-electron chi connectivity index (χ1n) is 7.51. The van der Waals surface area contributed by atoms with Crippen LogP contribution in [0.5, 0.6) is 0 Å². The Morgan fingerprint density at radius 3 is 2.64 bits per heavy atom. The van der Waals surface area contributed by atoms with Crippen molar-refractivity contribution >= 4 is 41.5 Å². The van der Waals surface area contributed by atoms with Crippen LogP contribution in [0.25, 0.3) is 0 Å². The van der Waals surface area contributed by atoms with E-state index < -0.39 is 0 Å². The third kappa shape index (κ3) is 6.10. The molecule has 2 rings (SSSR count). The highest BCUT2D eigenvalue weighted by Gasteiger charge is 2.24. The Morgan fingerprint density at radius 2 is 2.08 bits per heavy atom. The summed E-state index contributed by atoms with van der Waals surface area (Å²) in [6.45, 7) is 6.74. The first-order chi connectivity index (χ1) is 11.3. The Bertz CT molecular complexity index is 735. The molecule has 0 fully saturated rings. The molecule has 1 heterocycles. The van der Waals surface area contributed by atoms with E-state index in [9.17, 15) is 4.39 Å². The molecule has 25 heavy (non-hydrogen) atoms. The first-order valence-corrected chi connectivity index (χ1v) is 7.89. The number of nitrogens with one attached hydrogen (secondary N) is 2. The van der Waals surface area contributed by atoms with Gasteiger partial charge in [-0.3, -0.25) is 4.99 Å². The zero-order chi connectivity index (χ0) is 17.7. The van der Waals surface area contributed by atoms with Gasteiger partial charge in [0.1, 0.15) is 5.82 Å². The first kappa shape index (κ1) is 21.6. The monoisotopic (exact) mass is 481 g/mol. The fraction of sp³-hybridized carbons (Fsp3) is 0.438. The summed E-state index contributed by atoms with van der Waals surface area (Å²) < 4.78 is 18.1. The van der Waals surface area contributed by atoms with E-state index in [2.05, 4.69) is 25.8 Å². The fourth-order valence-corrected chi connectivity index (χ4v) is 2.66. The smallest absolute Gasteiger partial charge is 0.223 e. The van der Waals surface area contributed by atoms with Crippen molar-refractivity contribution in [1.29, 1.82) is 0 Å². The molecule has 0 radical (unpaired) electrons. The predicted molar refractivity (Wildman–Crippen MR) is 107 cm³/mol. The lowest BCUT2D eigenvalue weighted by molar-refractivity contribution is 0.386. The largest absolute Gasteiger partial charge is 0.356 e. The lowest BCUT2D eigenvalue weighted by atomic mass is 9.84. The molecule has 1 aromatic heterocycles. The summed E-state index contributed by atoms with van der Waals surface area (Å²) >= 11 is 6.17. The number of hydrogen-bond acceptors (Lipinski definition) is 4. The molecule has 0 aliphatic rings. The van der Waals surface area contributed by atoms with Crippen molar-refractivity contribution in [2.75, 3.05) is 13.6 Å². The third-order valence-corrected chi connectivity index (χ3v) is 3.88. The molecule has 0 aliphatic carbocycles. The minimum atomic E-state index is -0.347. The van der Waals surface area contributed by atoms with Crippen LogP contribution in [-0.4, -0.2) is 29.7 Å². The summed E-state index contributed by atoms with van der Waals surface area (Å²) in [5.41, 5.74) is 0.549. The second kappa shape index (κ2) is 9.33. The Morgan fingerprint density at radius 1 is 1.36 bits per heavy atom. The molecule has 9 heteroatoms. The number of rotatable bonds is 5. The second-order valence-electron chi connectivity index (χ2n) is 6.02. The summed E-state index contributed by atoms with van der Waals surface area (Å²) in [6, 6.07) is 4.44.